The first-order valence-corrected chi connectivity index (χ1v) is 9.90. The molecule has 0 aromatic heterocycles. The number of benzene rings is 2. The van der Waals surface area contributed by atoms with E-state index in [-0.39, 0.29) is 10.5 Å². The van der Waals surface area contributed by atoms with Gasteiger partial charge in [-0.3, -0.25) is 4.79 Å². The lowest BCUT2D eigenvalue weighted by Gasteiger charge is -2.26. The molecule has 2 aromatic carbocycles. The van der Waals surface area contributed by atoms with Gasteiger partial charge in [-0.2, -0.15) is 4.31 Å². The average molecular weight is 358 g/mol. The van der Waals surface area contributed by atoms with Gasteiger partial charge in [0.2, 0.25) is 10.0 Å². The predicted molar refractivity (Wildman–Crippen MR) is 98.2 cm³/mol. The fourth-order valence-corrected chi connectivity index (χ4v) is 4.75. The van der Waals surface area contributed by atoms with Crippen molar-refractivity contribution < 1.29 is 13.2 Å². The van der Waals surface area contributed by atoms with Gasteiger partial charge < -0.3 is 5.32 Å². The molecule has 1 N–H and O–H groups in total. The molecule has 0 saturated carbocycles. The lowest BCUT2D eigenvalue weighted by molar-refractivity contribution is 0.102. The van der Waals surface area contributed by atoms with Crippen LogP contribution in [0.3, 0.4) is 0 Å². The van der Waals surface area contributed by atoms with Gasteiger partial charge in [0.1, 0.15) is 0 Å². The van der Waals surface area contributed by atoms with Crippen molar-refractivity contribution >= 4 is 21.6 Å². The van der Waals surface area contributed by atoms with E-state index >= 15 is 0 Å². The molecule has 0 atom stereocenters. The SMILES string of the molecule is Cc1cccc(NC(=O)c2ccccc2S(=O)(=O)N2CCCCC2)c1. The Balaban J connectivity index is 1.91. The smallest absolute Gasteiger partial charge is 0.257 e. The monoisotopic (exact) mass is 358 g/mol. The van der Waals surface area contributed by atoms with Crippen LogP contribution in [0.15, 0.2) is 53.4 Å². The second-order valence-electron chi connectivity index (χ2n) is 6.28. The summed E-state index contributed by atoms with van der Waals surface area (Å²) in [7, 11) is -3.67. The summed E-state index contributed by atoms with van der Waals surface area (Å²) in [5, 5.41) is 2.79. The van der Waals surface area contributed by atoms with Gasteiger partial charge >= 0.3 is 0 Å². The summed E-state index contributed by atoms with van der Waals surface area (Å²) in [6.45, 7) is 2.96. The molecule has 1 saturated heterocycles. The Kier molecular flexibility index (Phi) is 5.20. The van der Waals surface area contributed by atoms with E-state index in [1.165, 1.54) is 10.4 Å². The number of hydrogen-bond donors (Lipinski definition) is 1. The highest BCUT2D eigenvalue weighted by molar-refractivity contribution is 7.89. The molecular weight excluding hydrogens is 336 g/mol. The molecular formula is C19H22N2O3S. The first-order valence-electron chi connectivity index (χ1n) is 8.46. The van der Waals surface area contributed by atoms with E-state index in [4.69, 9.17) is 0 Å². The van der Waals surface area contributed by atoms with Crippen molar-refractivity contribution in [2.45, 2.75) is 31.1 Å². The van der Waals surface area contributed by atoms with Crippen molar-refractivity contribution in [2.75, 3.05) is 18.4 Å². The number of nitrogens with zero attached hydrogens (tertiary/aromatic N) is 1. The van der Waals surface area contributed by atoms with Crippen LogP contribution < -0.4 is 5.32 Å². The Hall–Kier alpha value is -2.18. The number of carbonyl (C=O) groups excluding carboxylic acids is 1. The molecule has 3 rings (SSSR count). The summed E-state index contributed by atoms with van der Waals surface area (Å²) in [6.07, 6.45) is 2.76. The summed E-state index contributed by atoms with van der Waals surface area (Å²) in [6, 6.07) is 13.8. The second kappa shape index (κ2) is 7.37. The number of piperidine rings is 1. The predicted octanol–water partition coefficient (Wildman–Crippen LogP) is 3.42. The van der Waals surface area contributed by atoms with Gasteiger partial charge in [0.05, 0.1) is 10.5 Å². The van der Waals surface area contributed by atoms with Crippen molar-refractivity contribution in [1.29, 1.82) is 0 Å². The maximum absolute atomic E-state index is 13.0. The highest BCUT2D eigenvalue weighted by Gasteiger charge is 2.29. The van der Waals surface area contributed by atoms with E-state index in [0.29, 0.717) is 18.8 Å². The number of anilines is 1. The van der Waals surface area contributed by atoms with Crippen LogP contribution in [0, 0.1) is 6.92 Å². The van der Waals surface area contributed by atoms with Crippen LogP contribution in [0.1, 0.15) is 35.2 Å². The largest absolute Gasteiger partial charge is 0.322 e. The van der Waals surface area contributed by atoms with Gasteiger partial charge in [0, 0.05) is 18.8 Å². The quantitative estimate of drug-likeness (QED) is 0.911. The molecule has 1 aliphatic rings. The Morgan fingerprint density at radius 2 is 1.72 bits per heavy atom. The van der Waals surface area contributed by atoms with E-state index in [1.807, 2.05) is 25.1 Å². The van der Waals surface area contributed by atoms with Gasteiger partial charge in [-0.15, -0.1) is 0 Å². The fourth-order valence-electron chi connectivity index (χ4n) is 3.04. The third-order valence-electron chi connectivity index (χ3n) is 4.34. The minimum Gasteiger partial charge on any atom is -0.322 e. The summed E-state index contributed by atoms with van der Waals surface area (Å²) in [4.78, 5) is 12.8. The number of hydrogen-bond acceptors (Lipinski definition) is 3. The number of carbonyl (C=O) groups is 1. The molecule has 132 valence electrons. The number of rotatable bonds is 4. The van der Waals surface area contributed by atoms with Crippen molar-refractivity contribution in [3.63, 3.8) is 0 Å². The standard InChI is InChI=1S/C19H22N2O3S/c1-15-8-7-9-16(14-15)20-19(22)17-10-3-4-11-18(17)25(23,24)21-12-5-2-6-13-21/h3-4,7-11,14H,2,5-6,12-13H2,1H3,(H,20,22). The summed E-state index contributed by atoms with van der Waals surface area (Å²) >= 11 is 0. The van der Waals surface area contributed by atoms with Gasteiger partial charge in [0.25, 0.3) is 5.91 Å². The van der Waals surface area contributed by atoms with Crippen molar-refractivity contribution in [3.05, 3.63) is 59.7 Å². The molecule has 0 radical (unpaired) electrons. The van der Waals surface area contributed by atoms with Gasteiger partial charge in [-0.1, -0.05) is 30.7 Å². The lowest BCUT2D eigenvalue weighted by Crippen LogP contribution is -2.36. The average Bonchev–Trinajstić information content (AvgIpc) is 2.62. The van der Waals surface area contributed by atoms with Crippen LogP contribution in [-0.2, 0) is 10.0 Å². The third-order valence-corrected chi connectivity index (χ3v) is 6.30. The summed E-state index contributed by atoms with van der Waals surface area (Å²) in [5.74, 6) is -0.415. The van der Waals surface area contributed by atoms with Crippen LogP contribution in [0.4, 0.5) is 5.69 Å². The number of sulfonamides is 1. The van der Waals surface area contributed by atoms with Crippen LogP contribution in [0.2, 0.25) is 0 Å². The van der Waals surface area contributed by atoms with E-state index in [1.54, 1.807) is 24.3 Å². The highest BCUT2D eigenvalue weighted by atomic mass is 32.2. The molecule has 6 heteroatoms. The maximum Gasteiger partial charge on any atom is 0.257 e. The molecule has 0 spiro atoms. The van der Waals surface area contributed by atoms with Gasteiger partial charge in [-0.25, -0.2) is 8.42 Å². The van der Waals surface area contributed by atoms with Crippen molar-refractivity contribution in [2.24, 2.45) is 0 Å². The zero-order chi connectivity index (χ0) is 17.9. The normalized spacial score (nSPS) is 15.7. The van der Waals surface area contributed by atoms with E-state index in [9.17, 15) is 13.2 Å². The molecule has 1 aliphatic heterocycles. The topological polar surface area (TPSA) is 66.5 Å². The van der Waals surface area contributed by atoms with E-state index in [2.05, 4.69) is 5.32 Å². The maximum atomic E-state index is 13.0. The zero-order valence-electron chi connectivity index (χ0n) is 14.2. The second-order valence-corrected chi connectivity index (χ2v) is 8.19. The zero-order valence-corrected chi connectivity index (χ0v) is 15.1. The van der Waals surface area contributed by atoms with E-state index < -0.39 is 15.9 Å². The molecule has 1 heterocycles. The Bertz CT molecular complexity index is 872. The molecule has 5 nitrogen and oxygen atoms in total. The van der Waals surface area contributed by atoms with Crippen LogP contribution in [0.25, 0.3) is 0 Å². The highest BCUT2D eigenvalue weighted by Crippen LogP contribution is 2.24. The molecule has 0 unspecified atom stereocenters. The van der Waals surface area contributed by atoms with Crippen LogP contribution >= 0.6 is 0 Å². The summed E-state index contributed by atoms with van der Waals surface area (Å²) < 4.78 is 27.4. The van der Waals surface area contributed by atoms with E-state index in [0.717, 1.165) is 24.8 Å². The van der Waals surface area contributed by atoms with Crippen LogP contribution in [0.5, 0.6) is 0 Å². The van der Waals surface area contributed by atoms with Crippen molar-refractivity contribution in [1.82, 2.24) is 4.31 Å². The number of nitrogens with one attached hydrogen (secondary N) is 1. The molecule has 25 heavy (non-hydrogen) atoms. The van der Waals surface area contributed by atoms with Crippen LogP contribution in [-0.4, -0.2) is 31.7 Å². The minimum atomic E-state index is -3.67. The molecule has 0 aliphatic carbocycles. The minimum absolute atomic E-state index is 0.0713. The Morgan fingerprint density at radius 1 is 1.00 bits per heavy atom. The van der Waals surface area contributed by atoms with Gasteiger partial charge in [-0.05, 0) is 49.6 Å². The first-order chi connectivity index (χ1) is 12.0. The van der Waals surface area contributed by atoms with Crippen molar-refractivity contribution in [3.8, 4) is 0 Å². The molecule has 1 amide bonds. The molecule has 0 bridgehead atoms. The lowest BCUT2D eigenvalue weighted by atomic mass is 10.2. The summed E-state index contributed by atoms with van der Waals surface area (Å²) in [5.41, 5.74) is 1.84. The Morgan fingerprint density at radius 3 is 2.44 bits per heavy atom. The number of aryl methyl sites for hydroxylation is 1. The third kappa shape index (κ3) is 3.91. The fraction of sp³-hybridized carbons (Fsp3) is 0.316. The first kappa shape index (κ1) is 17.6. The molecule has 2 aromatic rings. The Labute approximate surface area is 148 Å². The number of amides is 1. The van der Waals surface area contributed by atoms with Gasteiger partial charge in [0.15, 0.2) is 0 Å². The molecule has 1 fully saturated rings.